The minimum absolute atomic E-state index is 0.0170. The van der Waals surface area contributed by atoms with E-state index in [0.717, 1.165) is 18.4 Å². The summed E-state index contributed by atoms with van der Waals surface area (Å²) in [5, 5.41) is 12.2. The molecule has 0 aliphatic heterocycles. The maximum atomic E-state index is 14.3. The summed E-state index contributed by atoms with van der Waals surface area (Å²) in [6.45, 7) is 9.51. The zero-order chi connectivity index (χ0) is 27.9. The number of amides is 2. The van der Waals surface area contributed by atoms with Crippen molar-refractivity contribution < 1.29 is 23.5 Å². The first-order chi connectivity index (χ1) is 18.0. The zero-order valence-corrected chi connectivity index (χ0v) is 23.1. The van der Waals surface area contributed by atoms with E-state index in [-0.39, 0.29) is 23.9 Å². The van der Waals surface area contributed by atoms with E-state index in [0.29, 0.717) is 22.2 Å². The third-order valence-corrected chi connectivity index (χ3v) is 6.39. The second-order valence-electron chi connectivity index (χ2n) is 9.92. The quantitative estimate of drug-likeness (QED) is 0.334. The number of carbonyl (C=O) groups is 3. The van der Waals surface area contributed by atoms with E-state index in [4.69, 9.17) is 4.74 Å². The molecular weight excluding hydrogens is 507 g/mol. The van der Waals surface area contributed by atoms with E-state index in [1.807, 2.05) is 6.92 Å². The topological polar surface area (TPSA) is 101 Å². The van der Waals surface area contributed by atoms with Gasteiger partial charge in [0.25, 0.3) is 11.8 Å². The van der Waals surface area contributed by atoms with Crippen molar-refractivity contribution in [2.45, 2.75) is 65.5 Å². The maximum absolute atomic E-state index is 14.3. The number of carbonyl (C=O) groups excluding carboxylic acids is 3. The average Bonchev–Trinajstić information content (AvgIpc) is 3.33. The van der Waals surface area contributed by atoms with E-state index >= 15 is 0 Å². The number of nitrogens with zero attached hydrogens (tertiary/aromatic N) is 3. The van der Waals surface area contributed by atoms with Gasteiger partial charge >= 0.3 is 5.97 Å². The molecule has 0 fully saturated rings. The number of halogens is 1. The number of unbranched alkanes of at least 4 members (excludes halogenated alkanes) is 1. The van der Waals surface area contributed by atoms with Crippen LogP contribution in [0.15, 0.2) is 48.5 Å². The van der Waals surface area contributed by atoms with E-state index in [1.54, 1.807) is 58.0 Å². The molecule has 1 N–H and O–H groups in total. The van der Waals surface area contributed by atoms with Crippen molar-refractivity contribution in [3.05, 3.63) is 65.5 Å². The summed E-state index contributed by atoms with van der Waals surface area (Å²) in [6.07, 6.45) is 1.65. The lowest BCUT2D eigenvalue weighted by atomic mass is 10.1. The summed E-state index contributed by atoms with van der Waals surface area (Å²) in [5.74, 6) is -1.74. The molecule has 1 atom stereocenters. The number of hydrogen-bond donors (Lipinski definition) is 1. The summed E-state index contributed by atoms with van der Waals surface area (Å²) in [7, 11) is 0. The molecule has 0 spiro atoms. The van der Waals surface area contributed by atoms with Gasteiger partial charge in [0.15, 0.2) is 0 Å². The number of rotatable bonds is 10. The van der Waals surface area contributed by atoms with Gasteiger partial charge < -0.3 is 10.1 Å². The Labute approximate surface area is 226 Å². The molecule has 1 heterocycles. The molecule has 0 saturated carbocycles. The average molecular weight is 541 g/mol. The molecule has 0 aliphatic rings. The van der Waals surface area contributed by atoms with E-state index < -0.39 is 23.4 Å². The first-order valence-corrected chi connectivity index (χ1v) is 13.3. The van der Waals surface area contributed by atoms with Crippen LogP contribution in [0.25, 0.3) is 10.6 Å². The van der Waals surface area contributed by atoms with Crippen molar-refractivity contribution >= 4 is 34.3 Å². The van der Waals surface area contributed by atoms with Crippen LogP contribution in [0.3, 0.4) is 0 Å². The highest BCUT2D eigenvalue weighted by molar-refractivity contribution is 7.18. The molecule has 202 valence electrons. The fourth-order valence-electron chi connectivity index (χ4n) is 3.58. The molecule has 3 aromatic rings. The second kappa shape index (κ2) is 12.7. The van der Waals surface area contributed by atoms with Crippen molar-refractivity contribution in [2.24, 2.45) is 0 Å². The van der Waals surface area contributed by atoms with Crippen LogP contribution in [0, 0.1) is 5.82 Å². The molecule has 38 heavy (non-hydrogen) atoms. The van der Waals surface area contributed by atoms with Gasteiger partial charge in [-0.1, -0.05) is 48.9 Å². The van der Waals surface area contributed by atoms with Crippen molar-refractivity contribution in [2.75, 3.05) is 11.4 Å². The van der Waals surface area contributed by atoms with Gasteiger partial charge in [-0.15, -0.1) is 10.2 Å². The summed E-state index contributed by atoms with van der Waals surface area (Å²) in [6, 6.07) is 12.3. The molecule has 2 amide bonds. The van der Waals surface area contributed by atoms with Gasteiger partial charge in [-0.25, -0.2) is 4.39 Å². The third kappa shape index (κ3) is 7.92. The highest BCUT2D eigenvalue weighted by Gasteiger charge is 2.24. The van der Waals surface area contributed by atoms with Gasteiger partial charge in [0.1, 0.15) is 16.4 Å². The molecule has 10 heteroatoms. The summed E-state index contributed by atoms with van der Waals surface area (Å²) in [5.41, 5.74) is 0.547. The van der Waals surface area contributed by atoms with E-state index in [9.17, 15) is 18.8 Å². The highest BCUT2D eigenvalue weighted by atomic mass is 32.1. The van der Waals surface area contributed by atoms with Crippen molar-refractivity contribution in [1.82, 2.24) is 15.5 Å². The molecule has 8 nitrogen and oxygen atoms in total. The Kier molecular flexibility index (Phi) is 9.68. The number of hydrogen-bond acceptors (Lipinski definition) is 7. The van der Waals surface area contributed by atoms with Crippen LogP contribution >= 0.6 is 11.3 Å². The summed E-state index contributed by atoms with van der Waals surface area (Å²) in [4.78, 5) is 39.2. The monoisotopic (exact) mass is 540 g/mol. The minimum atomic E-state index is -0.585. The highest BCUT2D eigenvalue weighted by Crippen LogP contribution is 2.30. The van der Waals surface area contributed by atoms with Crippen LogP contribution in [-0.2, 0) is 9.53 Å². The number of anilines is 1. The Morgan fingerprint density at radius 1 is 1.08 bits per heavy atom. The molecule has 0 bridgehead atoms. The molecule has 0 saturated heterocycles. The summed E-state index contributed by atoms with van der Waals surface area (Å²) < 4.78 is 19.6. The number of ether oxygens (including phenoxy) is 1. The first-order valence-electron chi connectivity index (χ1n) is 12.5. The first kappa shape index (κ1) is 28.9. The Bertz CT molecular complexity index is 1270. The second-order valence-corrected chi connectivity index (χ2v) is 10.9. The van der Waals surface area contributed by atoms with Gasteiger partial charge in [0.2, 0.25) is 5.13 Å². The lowest BCUT2D eigenvalue weighted by Crippen LogP contribution is -2.36. The smallest absolute Gasteiger partial charge is 0.308 e. The molecule has 3 rings (SSSR count). The van der Waals surface area contributed by atoms with Gasteiger partial charge in [-0.05, 0) is 58.4 Å². The van der Waals surface area contributed by atoms with Crippen LogP contribution < -0.4 is 10.2 Å². The molecule has 0 radical (unpaired) electrons. The van der Waals surface area contributed by atoms with Crippen LogP contribution in [0.1, 0.15) is 74.6 Å². The summed E-state index contributed by atoms with van der Waals surface area (Å²) >= 11 is 1.22. The molecule has 0 aliphatic carbocycles. The Morgan fingerprint density at radius 3 is 2.39 bits per heavy atom. The fraction of sp³-hybridized carbons (Fsp3) is 0.393. The predicted octanol–water partition coefficient (Wildman–Crippen LogP) is 5.64. The van der Waals surface area contributed by atoms with Gasteiger partial charge in [-0.2, -0.15) is 0 Å². The van der Waals surface area contributed by atoms with Crippen LogP contribution in [0.2, 0.25) is 0 Å². The molecule has 2 aromatic carbocycles. The largest absolute Gasteiger partial charge is 0.460 e. The fourth-order valence-corrected chi connectivity index (χ4v) is 4.45. The predicted molar refractivity (Wildman–Crippen MR) is 146 cm³/mol. The minimum Gasteiger partial charge on any atom is -0.460 e. The van der Waals surface area contributed by atoms with E-state index in [1.165, 1.54) is 34.4 Å². The van der Waals surface area contributed by atoms with Gasteiger partial charge in [0, 0.05) is 23.7 Å². The molecule has 0 unspecified atom stereocenters. The number of aromatic nitrogens is 2. The lowest BCUT2D eigenvalue weighted by molar-refractivity contribution is -0.155. The van der Waals surface area contributed by atoms with Crippen LogP contribution in [-0.4, -0.2) is 46.2 Å². The van der Waals surface area contributed by atoms with Crippen LogP contribution in [0.5, 0.6) is 0 Å². The zero-order valence-electron chi connectivity index (χ0n) is 22.3. The maximum Gasteiger partial charge on any atom is 0.308 e. The van der Waals surface area contributed by atoms with Crippen molar-refractivity contribution in [1.29, 1.82) is 0 Å². The van der Waals surface area contributed by atoms with E-state index in [2.05, 4.69) is 15.5 Å². The SMILES string of the molecule is CCCCN(C(=O)c1ccccc1F)c1nnc(-c2ccc(C(=O)N[C@@H](C)CC(=O)OC(C)(C)C)cc2)s1. The van der Waals surface area contributed by atoms with Crippen molar-refractivity contribution in [3.8, 4) is 10.6 Å². The standard InChI is InChI=1S/C28H33FN4O4S/c1-6-7-16-33(26(36)21-10-8-9-11-22(21)29)27-32-31-25(38-27)20-14-12-19(13-15-20)24(35)30-18(2)17-23(34)37-28(3,4)5/h8-15,18H,6-7,16-17H2,1-5H3,(H,30,35)/t18-/m0/s1. The normalized spacial score (nSPS) is 12.1. The van der Waals surface area contributed by atoms with Gasteiger partial charge in [-0.3, -0.25) is 19.3 Å². The van der Waals surface area contributed by atoms with Gasteiger partial charge in [0.05, 0.1) is 12.0 Å². The third-order valence-electron chi connectivity index (χ3n) is 5.39. The number of benzene rings is 2. The lowest BCUT2D eigenvalue weighted by Gasteiger charge is -2.21. The molecular formula is C28H33FN4O4S. The number of nitrogens with one attached hydrogen (secondary N) is 1. The Balaban J connectivity index is 1.70. The molecule has 1 aromatic heterocycles. The number of esters is 1. The Morgan fingerprint density at radius 2 is 1.76 bits per heavy atom. The van der Waals surface area contributed by atoms with Crippen LogP contribution in [0.4, 0.5) is 9.52 Å². The van der Waals surface area contributed by atoms with Crippen molar-refractivity contribution in [3.63, 3.8) is 0 Å². The Hall–Kier alpha value is -3.66.